The molecule has 0 bridgehead atoms. The van der Waals surface area contributed by atoms with Crippen molar-refractivity contribution in [1.82, 2.24) is 0 Å². The number of aliphatic hydroxyl groups excluding tert-OH is 1. The maximum absolute atomic E-state index is 9.75. The van der Waals surface area contributed by atoms with E-state index in [1.807, 2.05) is 18.2 Å². The van der Waals surface area contributed by atoms with Crippen LogP contribution in [0, 0.1) is 0 Å². The molecule has 1 N–H and O–H groups in total. The number of nitrogens with zero attached hydrogens (tertiary/aromatic N) is 1. The zero-order valence-electron chi connectivity index (χ0n) is 10.1. The van der Waals surface area contributed by atoms with E-state index < -0.39 is 6.10 Å². The molecule has 0 fully saturated rings. The van der Waals surface area contributed by atoms with Crippen molar-refractivity contribution in [2.24, 2.45) is 0 Å². The minimum absolute atomic E-state index is 0.434. The second kappa shape index (κ2) is 5.34. The highest BCUT2D eigenvalue weighted by Crippen LogP contribution is 2.26. The minimum atomic E-state index is -0.434. The molecule has 0 aliphatic carbocycles. The summed E-state index contributed by atoms with van der Waals surface area (Å²) in [5, 5.41) is 14.0. The van der Waals surface area contributed by atoms with Gasteiger partial charge >= 0.3 is 0 Å². The first-order chi connectivity index (χ1) is 8.18. The van der Waals surface area contributed by atoms with E-state index in [9.17, 15) is 5.11 Å². The van der Waals surface area contributed by atoms with Gasteiger partial charge in [-0.1, -0.05) is 18.2 Å². The average Bonchev–Trinajstić information content (AvgIpc) is 2.81. The van der Waals surface area contributed by atoms with Gasteiger partial charge in [0.1, 0.15) is 0 Å². The van der Waals surface area contributed by atoms with Crippen LogP contribution in [0.15, 0.2) is 41.1 Å². The summed E-state index contributed by atoms with van der Waals surface area (Å²) in [6.45, 7) is 2.67. The maximum Gasteiger partial charge on any atom is 0.0781 e. The highest BCUT2D eigenvalue weighted by atomic mass is 32.1. The van der Waals surface area contributed by atoms with Crippen LogP contribution in [0.3, 0.4) is 0 Å². The quantitative estimate of drug-likeness (QED) is 0.894. The van der Waals surface area contributed by atoms with Crippen molar-refractivity contribution in [2.45, 2.75) is 19.6 Å². The first-order valence-electron chi connectivity index (χ1n) is 5.67. The van der Waals surface area contributed by atoms with E-state index in [2.05, 4.69) is 34.8 Å². The van der Waals surface area contributed by atoms with E-state index in [0.29, 0.717) is 0 Å². The summed E-state index contributed by atoms with van der Waals surface area (Å²) in [5.74, 6) is 0. The lowest BCUT2D eigenvalue weighted by atomic mass is 10.1. The fourth-order valence-electron chi connectivity index (χ4n) is 1.93. The molecule has 1 heterocycles. The van der Waals surface area contributed by atoms with Gasteiger partial charge < -0.3 is 10.0 Å². The molecule has 1 atom stereocenters. The summed E-state index contributed by atoms with van der Waals surface area (Å²) in [7, 11) is 2.05. The first kappa shape index (κ1) is 12.1. The smallest absolute Gasteiger partial charge is 0.0781 e. The molecule has 0 spiro atoms. The molecule has 0 radical (unpaired) electrons. The van der Waals surface area contributed by atoms with Gasteiger partial charge in [0.15, 0.2) is 0 Å². The van der Waals surface area contributed by atoms with Crippen LogP contribution in [0.4, 0.5) is 5.69 Å². The summed E-state index contributed by atoms with van der Waals surface area (Å²) in [6, 6.07) is 10.1. The molecular weight excluding hydrogens is 230 g/mol. The Bertz CT molecular complexity index is 465. The fourth-order valence-corrected chi connectivity index (χ4v) is 2.59. The van der Waals surface area contributed by atoms with E-state index in [0.717, 1.165) is 17.8 Å². The number of hydrogen-bond acceptors (Lipinski definition) is 3. The molecule has 3 heteroatoms. The lowest BCUT2D eigenvalue weighted by Gasteiger charge is -2.23. The largest absolute Gasteiger partial charge is 0.389 e. The van der Waals surface area contributed by atoms with Crippen molar-refractivity contribution < 1.29 is 5.11 Å². The molecule has 2 rings (SSSR count). The minimum Gasteiger partial charge on any atom is -0.389 e. The predicted octanol–water partition coefficient (Wildman–Crippen LogP) is 3.44. The van der Waals surface area contributed by atoms with Gasteiger partial charge in [-0.15, -0.1) is 0 Å². The Morgan fingerprint density at radius 3 is 2.71 bits per heavy atom. The number of hydrogen-bond donors (Lipinski definition) is 1. The third kappa shape index (κ3) is 2.87. The molecule has 2 aromatic rings. The summed E-state index contributed by atoms with van der Waals surface area (Å²) < 4.78 is 0. The highest BCUT2D eigenvalue weighted by molar-refractivity contribution is 7.07. The van der Waals surface area contributed by atoms with E-state index in [1.54, 1.807) is 18.3 Å². The van der Waals surface area contributed by atoms with Gasteiger partial charge in [-0.3, -0.25) is 0 Å². The molecule has 0 saturated carbocycles. The van der Waals surface area contributed by atoms with Crippen molar-refractivity contribution >= 4 is 17.0 Å². The Morgan fingerprint density at radius 1 is 1.29 bits per heavy atom. The standard InChI is InChI=1S/C14H17NOS/c1-11(16)13-5-3-4-6-14(13)15(2)9-12-7-8-17-10-12/h3-8,10-11,16H,9H2,1-2H3. The van der Waals surface area contributed by atoms with Gasteiger partial charge in [-0.2, -0.15) is 11.3 Å². The Labute approximate surface area is 106 Å². The van der Waals surface area contributed by atoms with E-state index in [4.69, 9.17) is 0 Å². The Kier molecular flexibility index (Phi) is 3.82. The topological polar surface area (TPSA) is 23.5 Å². The molecule has 0 aliphatic rings. The maximum atomic E-state index is 9.75. The Balaban J connectivity index is 2.21. The van der Waals surface area contributed by atoms with Crippen molar-refractivity contribution in [3.8, 4) is 0 Å². The van der Waals surface area contributed by atoms with Crippen molar-refractivity contribution in [1.29, 1.82) is 0 Å². The predicted molar refractivity (Wildman–Crippen MR) is 73.5 cm³/mol. The lowest BCUT2D eigenvalue weighted by molar-refractivity contribution is 0.199. The van der Waals surface area contributed by atoms with E-state index >= 15 is 0 Å². The first-order valence-corrected chi connectivity index (χ1v) is 6.62. The van der Waals surface area contributed by atoms with Gasteiger partial charge in [0.2, 0.25) is 0 Å². The highest BCUT2D eigenvalue weighted by Gasteiger charge is 2.11. The average molecular weight is 247 g/mol. The molecule has 1 unspecified atom stereocenters. The van der Waals surface area contributed by atoms with Crippen molar-refractivity contribution in [3.05, 3.63) is 52.2 Å². The molecule has 1 aromatic heterocycles. The zero-order chi connectivity index (χ0) is 12.3. The fraction of sp³-hybridized carbons (Fsp3) is 0.286. The second-order valence-electron chi connectivity index (χ2n) is 4.22. The van der Waals surface area contributed by atoms with E-state index in [1.165, 1.54) is 5.56 Å². The SMILES string of the molecule is CC(O)c1ccccc1N(C)Cc1ccsc1. The summed E-state index contributed by atoms with van der Waals surface area (Å²) in [5.41, 5.74) is 3.37. The normalized spacial score (nSPS) is 12.4. The van der Waals surface area contributed by atoms with Crippen LogP contribution in [0.2, 0.25) is 0 Å². The number of rotatable bonds is 4. The number of para-hydroxylation sites is 1. The lowest BCUT2D eigenvalue weighted by Crippen LogP contribution is -2.18. The number of thiophene rings is 1. The molecule has 17 heavy (non-hydrogen) atoms. The Morgan fingerprint density at radius 2 is 2.06 bits per heavy atom. The Hall–Kier alpha value is -1.32. The summed E-state index contributed by atoms with van der Waals surface area (Å²) in [4.78, 5) is 2.17. The summed E-state index contributed by atoms with van der Waals surface area (Å²) >= 11 is 1.71. The van der Waals surface area contributed by atoms with Gasteiger partial charge in [-0.25, -0.2) is 0 Å². The molecule has 90 valence electrons. The third-order valence-electron chi connectivity index (χ3n) is 2.80. The molecule has 2 nitrogen and oxygen atoms in total. The zero-order valence-corrected chi connectivity index (χ0v) is 10.9. The van der Waals surface area contributed by atoms with Gasteiger partial charge in [0.25, 0.3) is 0 Å². The van der Waals surface area contributed by atoms with Crippen molar-refractivity contribution in [2.75, 3.05) is 11.9 Å². The van der Waals surface area contributed by atoms with Crippen LogP contribution in [0.5, 0.6) is 0 Å². The van der Waals surface area contributed by atoms with Crippen LogP contribution < -0.4 is 4.90 Å². The van der Waals surface area contributed by atoms with Crippen LogP contribution in [0.1, 0.15) is 24.2 Å². The van der Waals surface area contributed by atoms with Crippen LogP contribution in [0.25, 0.3) is 0 Å². The number of benzene rings is 1. The van der Waals surface area contributed by atoms with E-state index in [-0.39, 0.29) is 0 Å². The number of anilines is 1. The monoisotopic (exact) mass is 247 g/mol. The van der Waals surface area contributed by atoms with Gasteiger partial charge in [0, 0.05) is 24.8 Å². The van der Waals surface area contributed by atoms with Gasteiger partial charge in [0.05, 0.1) is 6.10 Å². The third-order valence-corrected chi connectivity index (χ3v) is 3.53. The van der Waals surface area contributed by atoms with Crippen LogP contribution >= 0.6 is 11.3 Å². The van der Waals surface area contributed by atoms with Crippen LogP contribution in [-0.4, -0.2) is 12.2 Å². The molecule has 1 aromatic carbocycles. The molecule has 0 amide bonds. The molecule has 0 saturated heterocycles. The second-order valence-corrected chi connectivity index (χ2v) is 5.00. The van der Waals surface area contributed by atoms with Gasteiger partial charge in [-0.05, 0) is 35.4 Å². The number of aliphatic hydroxyl groups is 1. The molecular formula is C14H17NOS. The summed E-state index contributed by atoms with van der Waals surface area (Å²) in [6.07, 6.45) is -0.434. The molecule has 0 aliphatic heterocycles. The van der Waals surface area contributed by atoms with Crippen molar-refractivity contribution in [3.63, 3.8) is 0 Å². The van der Waals surface area contributed by atoms with Crippen LogP contribution in [-0.2, 0) is 6.54 Å².